The van der Waals surface area contributed by atoms with Crippen molar-refractivity contribution in [1.82, 2.24) is 0 Å². The zero-order valence-corrected chi connectivity index (χ0v) is 10.2. The van der Waals surface area contributed by atoms with E-state index in [-0.39, 0.29) is 11.7 Å². The molecule has 2 heteroatoms. The molecule has 1 aromatic rings. The molecule has 0 amide bonds. The molecule has 88 valence electrons. The van der Waals surface area contributed by atoms with E-state index in [9.17, 15) is 4.79 Å². The average Bonchev–Trinajstić information content (AvgIpc) is 2.29. The summed E-state index contributed by atoms with van der Waals surface area (Å²) in [6, 6.07) is 7.94. The Morgan fingerprint density at radius 1 is 1.44 bits per heavy atom. The highest BCUT2D eigenvalue weighted by molar-refractivity contribution is 5.96. The van der Waals surface area contributed by atoms with Gasteiger partial charge in [-0.25, -0.2) is 0 Å². The smallest absolute Gasteiger partial charge is 0.163 e. The quantitative estimate of drug-likeness (QED) is 0.748. The number of Topliss-reactive ketones (excluding diaryl/α,β-unsaturated/α-hetero) is 1. The zero-order valence-electron chi connectivity index (χ0n) is 10.2. The Balaban J connectivity index is 2.71. The number of ketones is 1. The highest BCUT2D eigenvalue weighted by atomic mass is 16.1. The first kappa shape index (κ1) is 12.9. The van der Waals surface area contributed by atoms with Gasteiger partial charge in [0.1, 0.15) is 0 Å². The van der Waals surface area contributed by atoms with Crippen molar-refractivity contribution in [1.29, 1.82) is 0 Å². The third-order valence-corrected chi connectivity index (χ3v) is 2.72. The van der Waals surface area contributed by atoms with E-state index in [0.29, 0.717) is 13.0 Å². The minimum absolute atomic E-state index is 0.205. The minimum atomic E-state index is 0.205. The summed E-state index contributed by atoms with van der Waals surface area (Å²) in [6.07, 6.45) is 2.69. The molecule has 0 heterocycles. The molecule has 0 aliphatic rings. The first-order chi connectivity index (χ1) is 7.67. The number of nitrogens with two attached hydrogens (primary N) is 1. The molecule has 0 radical (unpaired) electrons. The molecule has 2 N–H and O–H groups in total. The van der Waals surface area contributed by atoms with Gasteiger partial charge in [-0.2, -0.15) is 0 Å². The summed E-state index contributed by atoms with van der Waals surface area (Å²) in [7, 11) is 0. The van der Waals surface area contributed by atoms with Crippen LogP contribution in [0.2, 0.25) is 0 Å². The second-order valence-electron chi connectivity index (χ2n) is 4.42. The van der Waals surface area contributed by atoms with Crippen LogP contribution in [0.25, 0.3) is 0 Å². The molecule has 2 nitrogen and oxygen atoms in total. The van der Waals surface area contributed by atoms with Crippen molar-refractivity contribution in [3.05, 3.63) is 35.4 Å². The number of carbonyl (C=O) groups is 1. The zero-order chi connectivity index (χ0) is 12.0. The lowest BCUT2D eigenvalue weighted by Crippen LogP contribution is -2.15. The van der Waals surface area contributed by atoms with Crippen molar-refractivity contribution in [2.45, 2.75) is 33.1 Å². The number of hydrogen-bond donors (Lipinski definition) is 1. The Morgan fingerprint density at radius 2 is 2.19 bits per heavy atom. The average molecular weight is 219 g/mol. The van der Waals surface area contributed by atoms with Crippen LogP contribution in [-0.4, -0.2) is 12.3 Å². The number of carbonyl (C=O) groups excluding carboxylic acids is 1. The molecular weight excluding hydrogens is 198 g/mol. The third-order valence-electron chi connectivity index (χ3n) is 2.72. The van der Waals surface area contributed by atoms with Gasteiger partial charge in [0.15, 0.2) is 5.78 Å². The maximum absolute atomic E-state index is 11.9. The van der Waals surface area contributed by atoms with E-state index >= 15 is 0 Å². The monoisotopic (exact) mass is 219 g/mol. The van der Waals surface area contributed by atoms with Gasteiger partial charge in [0, 0.05) is 12.0 Å². The fourth-order valence-electron chi connectivity index (χ4n) is 1.71. The van der Waals surface area contributed by atoms with Gasteiger partial charge in [0.25, 0.3) is 0 Å². The second-order valence-corrected chi connectivity index (χ2v) is 4.42. The topological polar surface area (TPSA) is 43.1 Å². The van der Waals surface area contributed by atoms with Crippen molar-refractivity contribution >= 4 is 5.78 Å². The summed E-state index contributed by atoms with van der Waals surface area (Å²) >= 11 is 0. The van der Waals surface area contributed by atoms with Gasteiger partial charge in [-0.05, 0) is 30.5 Å². The van der Waals surface area contributed by atoms with Crippen molar-refractivity contribution in [3.8, 4) is 0 Å². The van der Waals surface area contributed by atoms with Gasteiger partial charge >= 0.3 is 0 Å². The van der Waals surface area contributed by atoms with Crippen molar-refractivity contribution in [2.75, 3.05) is 6.54 Å². The summed E-state index contributed by atoms with van der Waals surface area (Å²) in [5, 5.41) is 0. The molecule has 1 rings (SSSR count). The van der Waals surface area contributed by atoms with Gasteiger partial charge in [-0.3, -0.25) is 4.79 Å². The summed E-state index contributed by atoms with van der Waals surface area (Å²) in [6.45, 7) is 4.72. The molecule has 0 aliphatic heterocycles. The maximum Gasteiger partial charge on any atom is 0.163 e. The van der Waals surface area contributed by atoms with E-state index in [4.69, 9.17) is 5.73 Å². The van der Waals surface area contributed by atoms with Gasteiger partial charge < -0.3 is 5.73 Å². The largest absolute Gasteiger partial charge is 0.330 e. The third kappa shape index (κ3) is 3.78. The van der Waals surface area contributed by atoms with E-state index in [2.05, 4.69) is 13.0 Å². The van der Waals surface area contributed by atoms with Crippen LogP contribution in [0.3, 0.4) is 0 Å². The fourth-order valence-corrected chi connectivity index (χ4v) is 1.71. The molecule has 0 bridgehead atoms. The Kier molecular flexibility index (Phi) is 5.20. The Morgan fingerprint density at radius 3 is 2.81 bits per heavy atom. The molecule has 0 aromatic heterocycles. The summed E-state index contributed by atoms with van der Waals surface area (Å²) in [5.74, 6) is 0.471. The van der Waals surface area contributed by atoms with Gasteiger partial charge in [-0.1, -0.05) is 38.5 Å². The molecule has 0 aliphatic carbocycles. The molecular formula is C14H21NO. The van der Waals surface area contributed by atoms with E-state index in [0.717, 1.165) is 18.4 Å². The molecule has 0 saturated carbocycles. The maximum atomic E-state index is 11.9. The lowest BCUT2D eigenvalue weighted by molar-refractivity contribution is 0.0966. The molecule has 0 spiro atoms. The molecule has 16 heavy (non-hydrogen) atoms. The number of benzene rings is 1. The highest BCUT2D eigenvalue weighted by Gasteiger charge is 2.10. The minimum Gasteiger partial charge on any atom is -0.330 e. The van der Waals surface area contributed by atoms with Crippen LogP contribution in [-0.2, 0) is 6.42 Å². The van der Waals surface area contributed by atoms with Gasteiger partial charge in [0.05, 0.1) is 0 Å². The van der Waals surface area contributed by atoms with E-state index < -0.39 is 0 Å². The van der Waals surface area contributed by atoms with Crippen LogP contribution in [0.4, 0.5) is 0 Å². The van der Waals surface area contributed by atoms with E-state index in [1.54, 1.807) is 0 Å². The molecule has 0 fully saturated rings. The van der Waals surface area contributed by atoms with Crippen LogP contribution in [0, 0.1) is 5.92 Å². The highest BCUT2D eigenvalue weighted by Crippen LogP contribution is 2.12. The summed E-state index contributed by atoms with van der Waals surface area (Å²) < 4.78 is 0. The lowest BCUT2D eigenvalue weighted by atomic mass is 9.98. The normalized spacial score (nSPS) is 12.4. The van der Waals surface area contributed by atoms with Crippen LogP contribution in [0.1, 0.15) is 42.6 Å². The Labute approximate surface area is 97.9 Å². The first-order valence-electron chi connectivity index (χ1n) is 5.99. The predicted octanol–water partition coefficient (Wildman–Crippen LogP) is 2.81. The van der Waals surface area contributed by atoms with Crippen LogP contribution in [0.5, 0.6) is 0 Å². The van der Waals surface area contributed by atoms with Gasteiger partial charge in [-0.15, -0.1) is 0 Å². The number of rotatable bonds is 6. The van der Waals surface area contributed by atoms with Crippen LogP contribution < -0.4 is 5.73 Å². The van der Waals surface area contributed by atoms with Crippen molar-refractivity contribution in [2.24, 2.45) is 11.7 Å². The standard InChI is InChI=1S/C14H21NO/c1-3-5-12-6-4-7-13(9-12)14(16)8-11(2)10-15/h4,6-7,9,11H,3,5,8,10,15H2,1-2H3. The van der Waals surface area contributed by atoms with Gasteiger partial charge in [0.2, 0.25) is 0 Å². The number of aryl methyl sites for hydroxylation is 1. The first-order valence-corrected chi connectivity index (χ1v) is 5.99. The molecule has 1 atom stereocenters. The molecule has 1 unspecified atom stereocenters. The van der Waals surface area contributed by atoms with Crippen LogP contribution in [0.15, 0.2) is 24.3 Å². The van der Waals surface area contributed by atoms with E-state index in [1.807, 2.05) is 25.1 Å². The van der Waals surface area contributed by atoms with Crippen molar-refractivity contribution < 1.29 is 4.79 Å². The lowest BCUT2D eigenvalue weighted by Gasteiger charge is -2.08. The number of hydrogen-bond acceptors (Lipinski definition) is 2. The Bertz CT molecular complexity index is 346. The molecule has 0 saturated heterocycles. The second kappa shape index (κ2) is 6.44. The summed E-state index contributed by atoms with van der Waals surface area (Å²) in [5.41, 5.74) is 7.59. The predicted molar refractivity (Wildman–Crippen MR) is 67.6 cm³/mol. The van der Waals surface area contributed by atoms with E-state index in [1.165, 1.54) is 5.56 Å². The molecule has 1 aromatic carbocycles. The van der Waals surface area contributed by atoms with Crippen LogP contribution >= 0.6 is 0 Å². The fraction of sp³-hybridized carbons (Fsp3) is 0.500. The summed E-state index contributed by atoms with van der Waals surface area (Å²) in [4.78, 5) is 11.9. The Hall–Kier alpha value is -1.15. The SMILES string of the molecule is CCCc1cccc(C(=O)CC(C)CN)c1. The van der Waals surface area contributed by atoms with Crippen molar-refractivity contribution in [3.63, 3.8) is 0 Å².